The van der Waals surface area contributed by atoms with Crippen LogP contribution in [0.5, 0.6) is 5.88 Å². The van der Waals surface area contributed by atoms with Crippen LogP contribution in [-0.4, -0.2) is 29.8 Å². The Morgan fingerprint density at radius 1 is 1.39 bits per heavy atom. The number of hydrogen-bond acceptors (Lipinski definition) is 4. The Balaban J connectivity index is 1.85. The van der Waals surface area contributed by atoms with Crippen molar-refractivity contribution < 1.29 is 9.84 Å². The van der Waals surface area contributed by atoms with Crippen molar-refractivity contribution in [1.29, 1.82) is 0 Å². The van der Waals surface area contributed by atoms with Crippen molar-refractivity contribution in [3.63, 3.8) is 0 Å². The molecule has 18 heavy (non-hydrogen) atoms. The number of nitrogens with zero attached hydrogens (tertiary/aromatic N) is 1. The van der Waals surface area contributed by atoms with Crippen LogP contribution in [0.1, 0.15) is 31.2 Å². The first-order chi connectivity index (χ1) is 8.83. The average Bonchev–Trinajstić information content (AvgIpc) is 2.46. The smallest absolute Gasteiger partial charge is 0.212 e. The normalized spacial score (nSPS) is 23.9. The minimum Gasteiger partial charge on any atom is -0.481 e. The van der Waals surface area contributed by atoms with Gasteiger partial charge in [0.15, 0.2) is 0 Å². The molecule has 1 aliphatic rings. The molecule has 1 aromatic rings. The molecule has 4 heteroatoms. The quantitative estimate of drug-likeness (QED) is 0.835. The molecule has 4 nitrogen and oxygen atoms in total. The number of pyridine rings is 1. The van der Waals surface area contributed by atoms with Crippen molar-refractivity contribution in [2.24, 2.45) is 5.92 Å². The fourth-order valence-corrected chi connectivity index (χ4v) is 2.58. The molecule has 2 unspecified atom stereocenters. The number of aliphatic hydroxyl groups is 1. The van der Waals surface area contributed by atoms with Crippen LogP contribution in [0.2, 0.25) is 0 Å². The van der Waals surface area contributed by atoms with Crippen molar-refractivity contribution in [1.82, 2.24) is 10.3 Å². The summed E-state index contributed by atoms with van der Waals surface area (Å²) in [5, 5.41) is 12.9. The van der Waals surface area contributed by atoms with E-state index >= 15 is 0 Å². The molecule has 0 aromatic carbocycles. The highest BCUT2D eigenvalue weighted by Crippen LogP contribution is 2.24. The number of ether oxygens (including phenoxy) is 1. The van der Waals surface area contributed by atoms with E-state index in [0.717, 1.165) is 24.9 Å². The number of rotatable bonds is 5. The molecule has 100 valence electrons. The second kappa shape index (κ2) is 6.71. The van der Waals surface area contributed by atoms with Crippen LogP contribution in [0.3, 0.4) is 0 Å². The summed E-state index contributed by atoms with van der Waals surface area (Å²) in [6.07, 6.45) is 6.63. The zero-order valence-electron chi connectivity index (χ0n) is 10.9. The third kappa shape index (κ3) is 3.43. The monoisotopic (exact) mass is 250 g/mol. The molecule has 2 N–H and O–H groups in total. The Morgan fingerprint density at radius 2 is 2.22 bits per heavy atom. The summed E-state index contributed by atoms with van der Waals surface area (Å²) in [5.74, 6) is 1.05. The van der Waals surface area contributed by atoms with Crippen molar-refractivity contribution in [3.8, 4) is 5.88 Å². The summed E-state index contributed by atoms with van der Waals surface area (Å²) in [5.41, 5.74) is 1.15. The van der Waals surface area contributed by atoms with E-state index in [1.165, 1.54) is 12.8 Å². The topological polar surface area (TPSA) is 54.4 Å². The Bertz CT molecular complexity index is 353. The standard InChI is InChI=1S/C14H22N2O2/c1-18-14-7-6-11(9-16-14)8-15-13-5-3-2-4-12(13)10-17/h6-7,9,12-13,15,17H,2-5,8,10H2,1H3. The first-order valence-electron chi connectivity index (χ1n) is 6.66. The van der Waals surface area contributed by atoms with Gasteiger partial charge in [-0.3, -0.25) is 0 Å². The maximum atomic E-state index is 9.36. The van der Waals surface area contributed by atoms with Gasteiger partial charge in [0.05, 0.1) is 7.11 Å². The van der Waals surface area contributed by atoms with E-state index in [0.29, 0.717) is 24.4 Å². The molecule has 0 radical (unpaired) electrons. The number of aromatic nitrogens is 1. The summed E-state index contributed by atoms with van der Waals surface area (Å²) in [6, 6.07) is 4.34. The lowest BCUT2D eigenvalue weighted by Gasteiger charge is -2.31. The SMILES string of the molecule is COc1ccc(CNC2CCCCC2CO)cn1. The van der Waals surface area contributed by atoms with E-state index in [1.54, 1.807) is 7.11 Å². The number of nitrogens with one attached hydrogen (secondary N) is 1. The van der Waals surface area contributed by atoms with Crippen molar-refractivity contribution in [2.75, 3.05) is 13.7 Å². The third-order valence-electron chi connectivity index (χ3n) is 3.72. The maximum Gasteiger partial charge on any atom is 0.212 e. The van der Waals surface area contributed by atoms with Crippen LogP contribution in [0.4, 0.5) is 0 Å². The van der Waals surface area contributed by atoms with Crippen LogP contribution in [0, 0.1) is 5.92 Å². The molecule has 1 fully saturated rings. The summed E-state index contributed by atoms with van der Waals surface area (Å²) in [4.78, 5) is 4.19. The summed E-state index contributed by atoms with van der Waals surface area (Å²) in [6.45, 7) is 1.09. The highest BCUT2D eigenvalue weighted by atomic mass is 16.5. The van der Waals surface area contributed by atoms with E-state index in [1.807, 2.05) is 18.3 Å². The Labute approximate surface area is 108 Å². The highest BCUT2D eigenvalue weighted by molar-refractivity contribution is 5.17. The predicted molar refractivity (Wildman–Crippen MR) is 70.5 cm³/mol. The second-order valence-electron chi connectivity index (χ2n) is 4.92. The highest BCUT2D eigenvalue weighted by Gasteiger charge is 2.23. The predicted octanol–water partition coefficient (Wildman–Crippen LogP) is 1.73. The van der Waals surface area contributed by atoms with Crippen molar-refractivity contribution >= 4 is 0 Å². The van der Waals surface area contributed by atoms with E-state index < -0.39 is 0 Å². The molecule has 0 saturated heterocycles. The van der Waals surface area contributed by atoms with Crippen molar-refractivity contribution in [2.45, 2.75) is 38.3 Å². The average molecular weight is 250 g/mol. The largest absolute Gasteiger partial charge is 0.481 e. The van der Waals surface area contributed by atoms with E-state index in [4.69, 9.17) is 4.74 Å². The second-order valence-corrected chi connectivity index (χ2v) is 4.92. The Morgan fingerprint density at radius 3 is 2.89 bits per heavy atom. The molecular formula is C14H22N2O2. The van der Waals surface area contributed by atoms with E-state index in [9.17, 15) is 5.11 Å². The van der Waals surface area contributed by atoms with Crippen molar-refractivity contribution in [3.05, 3.63) is 23.9 Å². The van der Waals surface area contributed by atoms with Crippen LogP contribution >= 0.6 is 0 Å². The van der Waals surface area contributed by atoms with E-state index in [2.05, 4.69) is 10.3 Å². The zero-order chi connectivity index (χ0) is 12.8. The van der Waals surface area contributed by atoms with Crippen LogP contribution < -0.4 is 10.1 Å². The molecule has 0 aliphatic heterocycles. The molecule has 1 aromatic heterocycles. The van der Waals surface area contributed by atoms with Gasteiger partial charge >= 0.3 is 0 Å². The molecule has 1 saturated carbocycles. The molecule has 1 heterocycles. The molecule has 0 bridgehead atoms. The zero-order valence-corrected chi connectivity index (χ0v) is 10.9. The molecule has 1 aliphatic carbocycles. The lowest BCUT2D eigenvalue weighted by Crippen LogP contribution is -2.39. The minimum absolute atomic E-state index is 0.290. The molecule has 0 amide bonds. The van der Waals surface area contributed by atoms with Gasteiger partial charge in [-0.2, -0.15) is 0 Å². The first kappa shape index (κ1) is 13.3. The number of aliphatic hydroxyl groups excluding tert-OH is 1. The van der Waals surface area contributed by atoms with Gasteiger partial charge in [0.2, 0.25) is 5.88 Å². The Hall–Kier alpha value is -1.13. The number of hydrogen-bond donors (Lipinski definition) is 2. The van der Waals surface area contributed by atoms with Gasteiger partial charge in [0.25, 0.3) is 0 Å². The van der Waals surface area contributed by atoms with E-state index in [-0.39, 0.29) is 0 Å². The molecule has 2 atom stereocenters. The summed E-state index contributed by atoms with van der Waals surface area (Å²) < 4.78 is 5.03. The fourth-order valence-electron chi connectivity index (χ4n) is 2.58. The third-order valence-corrected chi connectivity index (χ3v) is 3.72. The molecule has 2 rings (SSSR count). The van der Waals surface area contributed by atoms with Crippen LogP contribution in [-0.2, 0) is 6.54 Å². The summed E-state index contributed by atoms with van der Waals surface area (Å²) >= 11 is 0. The fraction of sp³-hybridized carbons (Fsp3) is 0.643. The van der Waals surface area contributed by atoms with Gasteiger partial charge in [-0.1, -0.05) is 18.9 Å². The maximum absolute atomic E-state index is 9.36. The first-order valence-corrected chi connectivity index (χ1v) is 6.66. The lowest BCUT2D eigenvalue weighted by atomic mass is 9.85. The molecule has 0 spiro atoms. The lowest BCUT2D eigenvalue weighted by molar-refractivity contribution is 0.152. The molecular weight excluding hydrogens is 228 g/mol. The minimum atomic E-state index is 0.290. The van der Waals surface area contributed by atoms with Gasteiger partial charge in [0.1, 0.15) is 0 Å². The van der Waals surface area contributed by atoms with Gasteiger partial charge in [-0.25, -0.2) is 4.98 Å². The van der Waals surface area contributed by atoms with Gasteiger partial charge < -0.3 is 15.2 Å². The van der Waals surface area contributed by atoms with Gasteiger partial charge in [-0.15, -0.1) is 0 Å². The van der Waals surface area contributed by atoms with Gasteiger partial charge in [-0.05, 0) is 24.3 Å². The summed E-state index contributed by atoms with van der Waals surface area (Å²) in [7, 11) is 1.62. The van der Waals surface area contributed by atoms with Gasteiger partial charge in [0, 0.05) is 31.5 Å². The Kier molecular flexibility index (Phi) is 4.96. The number of methoxy groups -OCH3 is 1. The van der Waals surface area contributed by atoms with Crippen LogP contribution in [0.15, 0.2) is 18.3 Å². The van der Waals surface area contributed by atoms with Crippen LogP contribution in [0.25, 0.3) is 0 Å².